The van der Waals surface area contributed by atoms with Crippen molar-refractivity contribution in [2.24, 2.45) is 0 Å². The summed E-state index contributed by atoms with van der Waals surface area (Å²) < 4.78 is 7.05. The van der Waals surface area contributed by atoms with Crippen molar-refractivity contribution < 1.29 is 19.1 Å². The van der Waals surface area contributed by atoms with Gasteiger partial charge in [0.2, 0.25) is 11.8 Å². The Labute approximate surface area is 201 Å². The Bertz CT molecular complexity index is 1270. The number of ether oxygens (including phenoxy) is 1. The summed E-state index contributed by atoms with van der Waals surface area (Å²) in [6.07, 6.45) is 0. The van der Waals surface area contributed by atoms with E-state index in [2.05, 4.69) is 15.7 Å². The van der Waals surface area contributed by atoms with E-state index < -0.39 is 11.9 Å². The van der Waals surface area contributed by atoms with Gasteiger partial charge in [0.1, 0.15) is 18.3 Å². The van der Waals surface area contributed by atoms with Gasteiger partial charge in [-0.2, -0.15) is 5.10 Å². The van der Waals surface area contributed by atoms with E-state index in [1.54, 1.807) is 48.0 Å². The van der Waals surface area contributed by atoms with Crippen LogP contribution >= 0.6 is 11.6 Å². The maximum atomic E-state index is 12.7. The lowest BCUT2D eigenvalue weighted by Crippen LogP contribution is -2.43. The second kappa shape index (κ2) is 9.56. The topological polar surface area (TPSA) is 106 Å². The fraction of sp³-hybridized carbons (Fsp3) is 0.250. The number of nitrogens with one attached hydrogen (secondary N) is 2. The second-order valence-electron chi connectivity index (χ2n) is 8.02. The molecule has 0 fully saturated rings. The summed E-state index contributed by atoms with van der Waals surface area (Å²) in [5.41, 5.74) is 3.11. The second-order valence-corrected chi connectivity index (χ2v) is 8.42. The molecule has 1 unspecified atom stereocenters. The number of rotatable bonds is 6. The van der Waals surface area contributed by atoms with E-state index in [1.165, 1.54) is 11.0 Å². The summed E-state index contributed by atoms with van der Waals surface area (Å²) in [5, 5.41) is 10.1. The lowest BCUT2D eigenvalue weighted by molar-refractivity contribution is -0.123. The van der Waals surface area contributed by atoms with Gasteiger partial charge in [-0.25, -0.2) is 0 Å². The Morgan fingerprint density at radius 3 is 2.62 bits per heavy atom. The number of carbonyl (C=O) groups excluding carboxylic acids is 3. The van der Waals surface area contributed by atoms with Crippen molar-refractivity contribution in [1.29, 1.82) is 0 Å². The minimum absolute atomic E-state index is 0.124. The van der Waals surface area contributed by atoms with Crippen molar-refractivity contribution in [3.05, 3.63) is 64.9 Å². The zero-order chi connectivity index (χ0) is 24.4. The summed E-state index contributed by atoms with van der Waals surface area (Å²) in [6, 6.07) is 13.2. The first kappa shape index (κ1) is 23.3. The van der Waals surface area contributed by atoms with Crippen LogP contribution in [0.3, 0.4) is 0 Å². The van der Waals surface area contributed by atoms with Gasteiger partial charge in [0.25, 0.3) is 5.91 Å². The van der Waals surface area contributed by atoms with Gasteiger partial charge in [-0.05, 0) is 57.2 Å². The highest BCUT2D eigenvalue weighted by molar-refractivity contribution is 6.34. The third kappa shape index (κ3) is 4.89. The van der Waals surface area contributed by atoms with Crippen molar-refractivity contribution >= 4 is 46.4 Å². The molecule has 0 spiro atoms. The summed E-state index contributed by atoms with van der Waals surface area (Å²) in [6.45, 7) is 5.21. The first-order valence-corrected chi connectivity index (χ1v) is 11.1. The quantitative estimate of drug-likeness (QED) is 0.558. The Morgan fingerprint density at radius 2 is 1.91 bits per heavy atom. The average Bonchev–Trinajstić information content (AvgIpc) is 3.14. The molecule has 0 aliphatic carbocycles. The highest BCUT2D eigenvalue weighted by atomic mass is 35.5. The lowest BCUT2D eigenvalue weighted by Gasteiger charge is -2.28. The maximum absolute atomic E-state index is 12.7. The van der Waals surface area contributed by atoms with Crippen LogP contribution in [0, 0.1) is 13.8 Å². The fourth-order valence-corrected chi connectivity index (χ4v) is 3.98. The van der Waals surface area contributed by atoms with Gasteiger partial charge in [-0.15, -0.1) is 0 Å². The van der Waals surface area contributed by atoms with Gasteiger partial charge in [-0.3, -0.25) is 24.0 Å². The van der Waals surface area contributed by atoms with Crippen molar-refractivity contribution in [2.75, 3.05) is 28.7 Å². The van der Waals surface area contributed by atoms with Gasteiger partial charge in [0.15, 0.2) is 6.61 Å². The van der Waals surface area contributed by atoms with Crippen LogP contribution in [0.5, 0.6) is 5.75 Å². The number of para-hydroxylation sites is 2. The Balaban J connectivity index is 1.40. The molecule has 2 aromatic carbocycles. The van der Waals surface area contributed by atoms with E-state index in [1.807, 2.05) is 19.9 Å². The van der Waals surface area contributed by atoms with E-state index in [4.69, 9.17) is 16.3 Å². The molecule has 10 heteroatoms. The van der Waals surface area contributed by atoms with Crippen molar-refractivity contribution in [3.63, 3.8) is 0 Å². The summed E-state index contributed by atoms with van der Waals surface area (Å²) in [5.74, 6) is -0.417. The molecular weight excluding hydrogens is 458 g/mol. The van der Waals surface area contributed by atoms with Crippen molar-refractivity contribution in [3.8, 4) is 5.75 Å². The normalized spacial score (nSPS) is 13.6. The van der Waals surface area contributed by atoms with E-state index in [0.29, 0.717) is 22.8 Å². The molecule has 0 saturated heterocycles. The molecule has 1 aliphatic rings. The third-order valence-corrected chi connectivity index (χ3v) is 5.72. The lowest BCUT2D eigenvalue weighted by atomic mass is 10.2. The number of nitrogens with zero attached hydrogens (tertiary/aromatic N) is 3. The van der Waals surface area contributed by atoms with Crippen molar-refractivity contribution in [1.82, 2.24) is 9.78 Å². The van der Waals surface area contributed by atoms with Crippen LogP contribution in [0.4, 0.5) is 17.1 Å². The summed E-state index contributed by atoms with van der Waals surface area (Å²) in [7, 11) is 0. The zero-order valence-electron chi connectivity index (χ0n) is 19.0. The molecular formula is C24H24ClN5O4. The van der Waals surface area contributed by atoms with Crippen LogP contribution in [0.1, 0.15) is 24.4 Å². The maximum Gasteiger partial charge on any atom is 0.265 e. The van der Waals surface area contributed by atoms with Crippen LogP contribution in [0.2, 0.25) is 5.02 Å². The monoisotopic (exact) mass is 481 g/mol. The largest absolute Gasteiger partial charge is 0.482 e. The van der Waals surface area contributed by atoms with Gasteiger partial charge in [-0.1, -0.05) is 23.7 Å². The van der Waals surface area contributed by atoms with Gasteiger partial charge >= 0.3 is 0 Å². The fourth-order valence-electron chi connectivity index (χ4n) is 3.75. The number of carbonyl (C=O) groups is 3. The Hall–Kier alpha value is -3.85. The third-order valence-electron chi connectivity index (χ3n) is 5.41. The minimum Gasteiger partial charge on any atom is -0.482 e. The highest BCUT2D eigenvalue weighted by Gasteiger charge is 2.27. The highest BCUT2D eigenvalue weighted by Crippen LogP contribution is 2.31. The smallest absolute Gasteiger partial charge is 0.265 e. The average molecular weight is 482 g/mol. The molecule has 4 rings (SSSR count). The number of anilines is 3. The van der Waals surface area contributed by atoms with Gasteiger partial charge in [0, 0.05) is 11.4 Å². The molecule has 0 saturated carbocycles. The first-order chi connectivity index (χ1) is 16.2. The molecule has 2 N–H and O–H groups in total. The Morgan fingerprint density at radius 1 is 1.15 bits per heavy atom. The number of aryl methyl sites for hydroxylation is 2. The molecule has 9 nitrogen and oxygen atoms in total. The molecule has 1 aromatic heterocycles. The SMILES string of the molecule is Cc1cc(C)n(C(C)C(=O)Nc2ccc(NC(=O)CN3C(=O)COc4ccccc43)cc2Cl)n1. The molecule has 1 atom stereocenters. The van der Waals surface area contributed by atoms with Crippen LogP contribution in [-0.4, -0.2) is 40.7 Å². The molecule has 1 aliphatic heterocycles. The number of fused-ring (bicyclic) bond motifs is 1. The van der Waals surface area contributed by atoms with E-state index >= 15 is 0 Å². The van der Waals surface area contributed by atoms with E-state index in [9.17, 15) is 14.4 Å². The van der Waals surface area contributed by atoms with Gasteiger partial charge in [0.05, 0.1) is 22.1 Å². The zero-order valence-corrected chi connectivity index (χ0v) is 19.7. The van der Waals surface area contributed by atoms with E-state index in [0.717, 1.165) is 11.4 Å². The first-order valence-electron chi connectivity index (χ1n) is 10.7. The molecule has 176 valence electrons. The number of amides is 3. The summed E-state index contributed by atoms with van der Waals surface area (Å²) >= 11 is 6.36. The molecule has 3 amide bonds. The minimum atomic E-state index is -0.530. The number of hydrogen-bond donors (Lipinski definition) is 2. The van der Waals surface area contributed by atoms with Crippen LogP contribution in [0.25, 0.3) is 0 Å². The number of benzene rings is 2. The molecule has 2 heterocycles. The number of halogens is 1. The van der Waals surface area contributed by atoms with Crippen LogP contribution in [-0.2, 0) is 14.4 Å². The van der Waals surface area contributed by atoms with Crippen LogP contribution < -0.4 is 20.3 Å². The standard InChI is InChI=1S/C24H24ClN5O4/c1-14-10-15(2)30(28-14)16(3)24(33)27-19-9-8-17(11-18(19)25)26-22(31)12-29-20-6-4-5-7-21(20)34-13-23(29)32/h4-11,16H,12-13H2,1-3H3,(H,26,31)(H,27,33). The molecule has 0 radical (unpaired) electrons. The predicted octanol–water partition coefficient (Wildman–Crippen LogP) is 3.72. The van der Waals surface area contributed by atoms with E-state index in [-0.39, 0.29) is 30.0 Å². The molecule has 3 aromatic rings. The predicted molar refractivity (Wildman–Crippen MR) is 129 cm³/mol. The number of aromatic nitrogens is 2. The van der Waals surface area contributed by atoms with Gasteiger partial charge < -0.3 is 15.4 Å². The Kier molecular flexibility index (Phi) is 6.56. The van der Waals surface area contributed by atoms with Crippen molar-refractivity contribution in [2.45, 2.75) is 26.8 Å². The van der Waals surface area contributed by atoms with Crippen LogP contribution in [0.15, 0.2) is 48.5 Å². The molecule has 0 bridgehead atoms. The summed E-state index contributed by atoms with van der Waals surface area (Å²) in [4.78, 5) is 39.0. The number of hydrogen-bond acceptors (Lipinski definition) is 5. The molecule has 34 heavy (non-hydrogen) atoms.